The molecule has 0 bridgehead atoms. The topological polar surface area (TPSA) is 29.1 Å². The van der Waals surface area contributed by atoms with Gasteiger partial charge in [-0.05, 0) is 39.3 Å². The van der Waals surface area contributed by atoms with Crippen LogP contribution in [-0.2, 0) is 6.42 Å². The molecule has 0 spiro atoms. The Balaban J connectivity index is 2.70. The van der Waals surface area contributed by atoms with Crippen molar-refractivity contribution in [1.29, 1.82) is 0 Å². The van der Waals surface area contributed by atoms with Gasteiger partial charge in [0.15, 0.2) is 0 Å². The molecule has 0 saturated carbocycles. The number of carbonyl (C=O) groups is 1. The molecule has 0 saturated heterocycles. The number of amides is 1. The molecular weight excluding hydrogens is 206 g/mol. The minimum atomic E-state index is -0.181. The molecule has 2 nitrogen and oxygen atoms in total. The summed E-state index contributed by atoms with van der Waals surface area (Å²) in [5.41, 5.74) is -0.181. The van der Waals surface area contributed by atoms with Crippen molar-refractivity contribution in [2.75, 3.05) is 0 Å². The third-order valence-electron chi connectivity index (χ3n) is 1.72. The first-order valence-electron chi connectivity index (χ1n) is 4.94. The first-order chi connectivity index (χ1) is 6.92. The maximum atomic E-state index is 11.8. The molecule has 3 heteroatoms. The number of thiophene rings is 1. The second-order valence-electron chi connectivity index (χ2n) is 4.46. The van der Waals surface area contributed by atoms with Crippen LogP contribution in [0.5, 0.6) is 0 Å². The summed E-state index contributed by atoms with van der Waals surface area (Å²) in [5, 5.41) is 2.94. The van der Waals surface area contributed by atoms with E-state index in [0.29, 0.717) is 0 Å². The molecule has 0 aliphatic heterocycles. The molecule has 1 amide bonds. The largest absolute Gasteiger partial charge is 0.347 e. The Kier molecular flexibility index (Phi) is 3.69. The molecule has 82 valence electrons. The van der Waals surface area contributed by atoms with Crippen molar-refractivity contribution in [3.8, 4) is 0 Å². The van der Waals surface area contributed by atoms with Crippen molar-refractivity contribution in [2.45, 2.75) is 32.7 Å². The quantitative estimate of drug-likeness (QED) is 0.784. The molecule has 0 atom stereocenters. The minimum Gasteiger partial charge on any atom is -0.347 e. The van der Waals surface area contributed by atoms with Crippen LogP contribution in [0.4, 0.5) is 0 Å². The van der Waals surface area contributed by atoms with Crippen molar-refractivity contribution in [3.63, 3.8) is 0 Å². The van der Waals surface area contributed by atoms with Gasteiger partial charge in [0.1, 0.15) is 0 Å². The fourth-order valence-corrected chi connectivity index (χ4v) is 2.05. The van der Waals surface area contributed by atoms with Gasteiger partial charge in [-0.25, -0.2) is 0 Å². The molecule has 1 aromatic heterocycles. The Morgan fingerprint density at radius 1 is 1.53 bits per heavy atom. The first kappa shape index (κ1) is 12.0. The highest BCUT2D eigenvalue weighted by Gasteiger charge is 2.16. The van der Waals surface area contributed by atoms with Gasteiger partial charge < -0.3 is 5.32 Å². The number of rotatable bonds is 3. The molecule has 1 N–H and O–H groups in total. The first-order valence-corrected chi connectivity index (χ1v) is 5.76. The van der Waals surface area contributed by atoms with Crippen molar-refractivity contribution >= 4 is 17.2 Å². The molecule has 15 heavy (non-hydrogen) atoms. The molecule has 1 aromatic rings. The standard InChI is InChI=1S/C12H17NOS/c1-5-6-9-7-8-10(15-9)11(14)13-12(2,3)4/h5,7-8H,1,6H2,2-4H3,(H,13,14). The molecule has 0 aliphatic rings. The van der Waals surface area contributed by atoms with Gasteiger partial charge in [0, 0.05) is 10.4 Å². The van der Waals surface area contributed by atoms with Crippen molar-refractivity contribution in [1.82, 2.24) is 5.32 Å². The molecule has 1 heterocycles. The zero-order valence-corrected chi connectivity index (χ0v) is 10.3. The highest BCUT2D eigenvalue weighted by Crippen LogP contribution is 2.18. The Bertz CT molecular complexity index is 360. The van der Waals surface area contributed by atoms with E-state index in [2.05, 4.69) is 11.9 Å². The summed E-state index contributed by atoms with van der Waals surface area (Å²) < 4.78 is 0. The van der Waals surface area contributed by atoms with Crippen LogP contribution in [0, 0.1) is 0 Å². The van der Waals surface area contributed by atoms with Crippen LogP contribution < -0.4 is 5.32 Å². The Morgan fingerprint density at radius 3 is 2.73 bits per heavy atom. The van der Waals surface area contributed by atoms with E-state index in [1.54, 1.807) is 0 Å². The predicted molar refractivity (Wildman–Crippen MR) is 65.4 cm³/mol. The van der Waals surface area contributed by atoms with E-state index in [0.717, 1.165) is 11.3 Å². The van der Waals surface area contributed by atoms with E-state index >= 15 is 0 Å². The van der Waals surface area contributed by atoms with Gasteiger partial charge in [-0.1, -0.05) is 6.08 Å². The Morgan fingerprint density at radius 2 is 2.20 bits per heavy atom. The molecule has 0 radical (unpaired) electrons. The fourth-order valence-electron chi connectivity index (χ4n) is 1.15. The van der Waals surface area contributed by atoms with E-state index < -0.39 is 0 Å². The van der Waals surface area contributed by atoms with Crippen LogP contribution in [0.3, 0.4) is 0 Å². The zero-order valence-electron chi connectivity index (χ0n) is 9.46. The molecule has 0 fully saturated rings. The van der Waals surface area contributed by atoms with Crippen molar-refractivity contribution in [3.05, 3.63) is 34.5 Å². The van der Waals surface area contributed by atoms with Gasteiger partial charge in [0.2, 0.25) is 0 Å². The lowest BCUT2D eigenvalue weighted by atomic mass is 10.1. The van der Waals surface area contributed by atoms with Gasteiger partial charge >= 0.3 is 0 Å². The molecule has 0 aromatic carbocycles. The molecule has 0 unspecified atom stereocenters. The number of hydrogen-bond acceptors (Lipinski definition) is 2. The number of nitrogens with one attached hydrogen (secondary N) is 1. The van der Waals surface area contributed by atoms with E-state index in [4.69, 9.17) is 0 Å². The molecular formula is C12H17NOS. The van der Waals surface area contributed by atoms with Gasteiger partial charge in [0.25, 0.3) is 5.91 Å². The normalized spacial score (nSPS) is 11.1. The van der Waals surface area contributed by atoms with Gasteiger partial charge in [-0.15, -0.1) is 17.9 Å². The van der Waals surface area contributed by atoms with Crippen LogP contribution in [-0.4, -0.2) is 11.4 Å². The van der Waals surface area contributed by atoms with Crippen molar-refractivity contribution in [2.24, 2.45) is 0 Å². The summed E-state index contributed by atoms with van der Waals surface area (Å²) in [6.45, 7) is 9.60. The van der Waals surface area contributed by atoms with E-state index in [9.17, 15) is 4.79 Å². The SMILES string of the molecule is C=CCc1ccc(C(=O)NC(C)(C)C)s1. The van der Waals surface area contributed by atoms with Crippen LogP contribution in [0.25, 0.3) is 0 Å². The van der Waals surface area contributed by atoms with Crippen LogP contribution in [0.2, 0.25) is 0 Å². The number of allylic oxidation sites excluding steroid dienone is 1. The Hall–Kier alpha value is -1.09. The average Bonchev–Trinajstić information content (AvgIpc) is 2.50. The maximum Gasteiger partial charge on any atom is 0.261 e. The van der Waals surface area contributed by atoms with Gasteiger partial charge in [-0.2, -0.15) is 0 Å². The summed E-state index contributed by atoms with van der Waals surface area (Å²) in [4.78, 5) is 13.7. The van der Waals surface area contributed by atoms with Gasteiger partial charge in [-0.3, -0.25) is 4.79 Å². The summed E-state index contributed by atoms with van der Waals surface area (Å²) in [6.07, 6.45) is 2.67. The molecule has 1 rings (SSSR count). The minimum absolute atomic E-state index is 0.00260. The number of hydrogen-bond donors (Lipinski definition) is 1. The monoisotopic (exact) mass is 223 g/mol. The third-order valence-corrected chi connectivity index (χ3v) is 2.83. The highest BCUT2D eigenvalue weighted by atomic mass is 32.1. The van der Waals surface area contributed by atoms with E-state index in [1.165, 1.54) is 16.2 Å². The zero-order chi connectivity index (χ0) is 11.5. The van der Waals surface area contributed by atoms with Crippen LogP contribution in [0.15, 0.2) is 24.8 Å². The predicted octanol–water partition coefficient (Wildman–Crippen LogP) is 3.00. The smallest absolute Gasteiger partial charge is 0.261 e. The van der Waals surface area contributed by atoms with E-state index in [-0.39, 0.29) is 11.4 Å². The second-order valence-corrected chi connectivity index (χ2v) is 5.63. The van der Waals surface area contributed by atoms with Crippen molar-refractivity contribution < 1.29 is 4.79 Å². The third kappa shape index (κ3) is 3.88. The van der Waals surface area contributed by atoms with E-state index in [1.807, 2.05) is 39.0 Å². The summed E-state index contributed by atoms with van der Waals surface area (Å²) >= 11 is 1.52. The lowest BCUT2D eigenvalue weighted by Crippen LogP contribution is -2.40. The number of carbonyl (C=O) groups excluding carboxylic acids is 1. The van der Waals surface area contributed by atoms with Crippen LogP contribution in [0.1, 0.15) is 35.3 Å². The molecule has 0 aliphatic carbocycles. The summed E-state index contributed by atoms with van der Waals surface area (Å²) in [6, 6.07) is 3.84. The second kappa shape index (κ2) is 4.62. The van der Waals surface area contributed by atoms with Gasteiger partial charge in [0.05, 0.1) is 4.88 Å². The fraction of sp³-hybridized carbons (Fsp3) is 0.417. The average molecular weight is 223 g/mol. The lowest BCUT2D eigenvalue weighted by Gasteiger charge is -2.19. The Labute approximate surface area is 95.0 Å². The summed E-state index contributed by atoms with van der Waals surface area (Å²) in [5.74, 6) is 0.00260. The summed E-state index contributed by atoms with van der Waals surface area (Å²) in [7, 11) is 0. The van der Waals surface area contributed by atoms with Crippen LogP contribution >= 0.6 is 11.3 Å². The lowest BCUT2D eigenvalue weighted by molar-refractivity contribution is 0.0924. The highest BCUT2D eigenvalue weighted by molar-refractivity contribution is 7.14. The maximum absolute atomic E-state index is 11.8.